The molecule has 1 aliphatic carbocycles. The zero-order valence-corrected chi connectivity index (χ0v) is 12.1. The molecule has 0 N–H and O–H groups in total. The topological polar surface area (TPSA) is 51.2 Å². The fourth-order valence-corrected chi connectivity index (χ4v) is 3.95. The largest absolute Gasteiger partial charge is 0.299 e. The van der Waals surface area contributed by atoms with Crippen LogP contribution in [-0.2, 0) is 14.6 Å². The number of carbonyl (C=O) groups excluding carboxylic acids is 1. The van der Waals surface area contributed by atoms with Crippen molar-refractivity contribution >= 4 is 27.4 Å². The molecule has 0 spiro atoms. The van der Waals surface area contributed by atoms with Crippen molar-refractivity contribution in [3.05, 3.63) is 0 Å². The van der Waals surface area contributed by atoms with Crippen LogP contribution in [0, 0.1) is 0 Å². The SMILES string of the molecule is CS(=O)(=O)CCCC(=O)CSC1CCCCC1. The normalized spacial score (nSPS) is 18.2. The van der Waals surface area contributed by atoms with Gasteiger partial charge in [-0.05, 0) is 19.3 Å². The molecule has 0 aromatic heterocycles. The average molecular weight is 278 g/mol. The van der Waals surface area contributed by atoms with Crippen molar-refractivity contribution in [1.29, 1.82) is 0 Å². The Morgan fingerprint density at radius 2 is 1.88 bits per heavy atom. The summed E-state index contributed by atoms with van der Waals surface area (Å²) in [5.41, 5.74) is 0. The van der Waals surface area contributed by atoms with Gasteiger partial charge in [-0.1, -0.05) is 19.3 Å². The van der Waals surface area contributed by atoms with Crippen LogP contribution in [0.15, 0.2) is 0 Å². The molecule has 0 atom stereocenters. The number of carbonyl (C=O) groups is 1. The van der Waals surface area contributed by atoms with Gasteiger partial charge >= 0.3 is 0 Å². The first-order valence-corrected chi connectivity index (χ1v) is 9.39. The van der Waals surface area contributed by atoms with E-state index in [-0.39, 0.29) is 11.5 Å². The van der Waals surface area contributed by atoms with Crippen LogP contribution in [0.1, 0.15) is 44.9 Å². The highest BCUT2D eigenvalue weighted by Gasteiger charge is 2.15. The monoisotopic (exact) mass is 278 g/mol. The molecule has 0 aromatic rings. The summed E-state index contributed by atoms with van der Waals surface area (Å²) in [6, 6.07) is 0. The van der Waals surface area contributed by atoms with Crippen LogP contribution < -0.4 is 0 Å². The Bertz CT molecular complexity index is 330. The van der Waals surface area contributed by atoms with Crippen LogP contribution in [0.5, 0.6) is 0 Å². The van der Waals surface area contributed by atoms with Crippen molar-refractivity contribution in [2.45, 2.75) is 50.2 Å². The average Bonchev–Trinajstić information content (AvgIpc) is 2.26. The van der Waals surface area contributed by atoms with Crippen molar-refractivity contribution in [1.82, 2.24) is 0 Å². The minimum absolute atomic E-state index is 0.132. The molecular formula is C12H22O3S2. The minimum atomic E-state index is -2.91. The first kappa shape index (κ1) is 15.0. The van der Waals surface area contributed by atoms with Gasteiger partial charge in [0.05, 0.1) is 11.5 Å². The first-order chi connectivity index (χ1) is 7.97. The van der Waals surface area contributed by atoms with E-state index < -0.39 is 9.84 Å². The van der Waals surface area contributed by atoms with Crippen LogP contribution in [0.2, 0.25) is 0 Å². The highest BCUT2D eigenvalue weighted by Crippen LogP contribution is 2.28. The van der Waals surface area contributed by atoms with Crippen LogP contribution in [-0.4, -0.2) is 37.2 Å². The van der Waals surface area contributed by atoms with Crippen molar-refractivity contribution in [2.75, 3.05) is 17.8 Å². The van der Waals surface area contributed by atoms with Crippen LogP contribution in [0.25, 0.3) is 0 Å². The number of ketones is 1. The lowest BCUT2D eigenvalue weighted by Crippen LogP contribution is -2.13. The second kappa shape index (κ2) is 7.41. The Morgan fingerprint density at radius 3 is 2.47 bits per heavy atom. The summed E-state index contributed by atoms with van der Waals surface area (Å²) in [7, 11) is -2.91. The molecule has 0 aromatic carbocycles. The molecule has 0 unspecified atom stereocenters. The summed E-state index contributed by atoms with van der Waals surface area (Å²) in [5.74, 6) is 0.894. The molecule has 1 rings (SSSR count). The van der Waals surface area contributed by atoms with Gasteiger partial charge in [-0.25, -0.2) is 8.42 Å². The Balaban J connectivity index is 2.08. The fraction of sp³-hybridized carbons (Fsp3) is 0.917. The summed E-state index contributed by atoms with van der Waals surface area (Å²) >= 11 is 1.76. The zero-order valence-electron chi connectivity index (χ0n) is 10.5. The molecule has 1 fully saturated rings. The van der Waals surface area contributed by atoms with E-state index in [2.05, 4.69) is 0 Å². The molecule has 0 saturated heterocycles. The van der Waals surface area contributed by atoms with Crippen molar-refractivity contribution in [2.24, 2.45) is 0 Å². The molecule has 5 heteroatoms. The third-order valence-corrected chi connectivity index (χ3v) is 5.46. The number of hydrogen-bond donors (Lipinski definition) is 0. The van der Waals surface area contributed by atoms with Gasteiger partial charge in [-0.3, -0.25) is 4.79 Å². The summed E-state index contributed by atoms with van der Waals surface area (Å²) in [5, 5.41) is 0.655. The van der Waals surface area contributed by atoms with E-state index in [9.17, 15) is 13.2 Å². The van der Waals surface area contributed by atoms with E-state index in [0.29, 0.717) is 23.8 Å². The van der Waals surface area contributed by atoms with Gasteiger partial charge in [0.1, 0.15) is 15.6 Å². The van der Waals surface area contributed by atoms with Gasteiger partial charge < -0.3 is 0 Å². The highest BCUT2D eigenvalue weighted by molar-refractivity contribution is 8.00. The smallest absolute Gasteiger partial charge is 0.147 e. The molecule has 100 valence electrons. The minimum Gasteiger partial charge on any atom is -0.299 e. The maximum Gasteiger partial charge on any atom is 0.147 e. The molecule has 0 bridgehead atoms. The molecule has 0 amide bonds. The molecule has 3 nitrogen and oxygen atoms in total. The van der Waals surface area contributed by atoms with Gasteiger partial charge in [0.15, 0.2) is 0 Å². The van der Waals surface area contributed by atoms with E-state index in [1.807, 2.05) is 0 Å². The van der Waals surface area contributed by atoms with Crippen LogP contribution in [0.4, 0.5) is 0 Å². The van der Waals surface area contributed by atoms with Gasteiger partial charge in [0, 0.05) is 17.9 Å². The molecule has 0 aliphatic heterocycles. The Labute approximate surface area is 109 Å². The highest BCUT2D eigenvalue weighted by atomic mass is 32.2. The van der Waals surface area contributed by atoms with Gasteiger partial charge in [0.2, 0.25) is 0 Å². The van der Waals surface area contributed by atoms with E-state index in [0.717, 1.165) is 0 Å². The zero-order chi connectivity index (χ0) is 12.7. The lowest BCUT2D eigenvalue weighted by Gasteiger charge is -2.20. The number of hydrogen-bond acceptors (Lipinski definition) is 4. The molecule has 17 heavy (non-hydrogen) atoms. The van der Waals surface area contributed by atoms with Crippen molar-refractivity contribution in [3.63, 3.8) is 0 Å². The Kier molecular flexibility index (Phi) is 6.55. The summed E-state index contributed by atoms with van der Waals surface area (Å²) < 4.78 is 21.8. The van der Waals surface area contributed by atoms with Crippen molar-refractivity contribution in [3.8, 4) is 0 Å². The van der Waals surface area contributed by atoms with E-state index in [4.69, 9.17) is 0 Å². The van der Waals surface area contributed by atoms with Gasteiger partial charge in [0.25, 0.3) is 0 Å². The van der Waals surface area contributed by atoms with E-state index in [1.165, 1.54) is 38.4 Å². The van der Waals surface area contributed by atoms with Crippen molar-refractivity contribution < 1.29 is 13.2 Å². The maximum absolute atomic E-state index is 11.6. The number of sulfone groups is 1. The lowest BCUT2D eigenvalue weighted by molar-refractivity contribution is -0.116. The standard InChI is InChI=1S/C12H22O3S2/c1-17(14,15)9-5-6-11(13)10-16-12-7-3-2-4-8-12/h12H,2-10H2,1H3. The summed E-state index contributed by atoms with van der Waals surface area (Å²) in [4.78, 5) is 11.6. The predicted octanol–water partition coefficient (Wildman–Crippen LogP) is 2.45. The number of thioether (sulfide) groups is 1. The molecule has 0 radical (unpaired) electrons. The molecular weight excluding hydrogens is 256 g/mol. The Morgan fingerprint density at radius 1 is 1.24 bits per heavy atom. The second-order valence-corrected chi connectivity index (χ2v) is 8.39. The van der Waals surface area contributed by atoms with E-state index in [1.54, 1.807) is 11.8 Å². The lowest BCUT2D eigenvalue weighted by atomic mass is 10.0. The van der Waals surface area contributed by atoms with E-state index >= 15 is 0 Å². The summed E-state index contributed by atoms with van der Waals surface area (Å²) in [6.45, 7) is 0. The van der Waals surface area contributed by atoms with Gasteiger partial charge in [-0.15, -0.1) is 0 Å². The number of Topliss-reactive ketones (excluding diaryl/α,β-unsaturated/α-hetero) is 1. The summed E-state index contributed by atoms with van der Waals surface area (Å²) in [6.07, 6.45) is 8.49. The van der Waals surface area contributed by atoms with Gasteiger partial charge in [-0.2, -0.15) is 11.8 Å². The predicted molar refractivity (Wildman–Crippen MR) is 73.3 cm³/mol. The first-order valence-electron chi connectivity index (χ1n) is 6.28. The quantitative estimate of drug-likeness (QED) is 0.718. The fourth-order valence-electron chi connectivity index (χ4n) is 2.05. The maximum atomic E-state index is 11.6. The number of rotatable bonds is 7. The molecule has 1 aliphatic rings. The second-order valence-electron chi connectivity index (χ2n) is 4.84. The third kappa shape index (κ3) is 7.82. The van der Waals surface area contributed by atoms with Crippen LogP contribution >= 0.6 is 11.8 Å². The molecule has 0 heterocycles. The third-order valence-electron chi connectivity index (χ3n) is 3.00. The molecule has 1 saturated carbocycles. The Hall–Kier alpha value is -0.0300. The van der Waals surface area contributed by atoms with Crippen LogP contribution in [0.3, 0.4) is 0 Å².